The fraction of sp³-hybridized carbons (Fsp3) is 1.00. The molecule has 2 aliphatic heterocycles. The van der Waals surface area contributed by atoms with Gasteiger partial charge in [-0.2, -0.15) is 13.2 Å². The molecule has 0 radical (unpaired) electrons. The zero-order valence-electron chi connectivity index (χ0n) is 9.19. The van der Waals surface area contributed by atoms with E-state index in [-0.39, 0.29) is 12.6 Å². The molecule has 16 heavy (non-hydrogen) atoms. The van der Waals surface area contributed by atoms with Gasteiger partial charge in [-0.3, -0.25) is 4.90 Å². The molecule has 6 heteroatoms. The third-order valence-corrected chi connectivity index (χ3v) is 3.39. The van der Waals surface area contributed by atoms with Crippen molar-refractivity contribution in [1.29, 1.82) is 0 Å². The van der Waals surface area contributed by atoms with Crippen LogP contribution in [0.2, 0.25) is 0 Å². The molecule has 94 valence electrons. The van der Waals surface area contributed by atoms with Gasteiger partial charge in [0.25, 0.3) is 0 Å². The highest BCUT2D eigenvalue weighted by molar-refractivity contribution is 4.91. The lowest BCUT2D eigenvalue weighted by atomic mass is 10.1. The van der Waals surface area contributed by atoms with Gasteiger partial charge in [0.2, 0.25) is 0 Å². The van der Waals surface area contributed by atoms with Crippen molar-refractivity contribution in [3.63, 3.8) is 0 Å². The predicted octanol–water partition coefficient (Wildman–Crippen LogP) is 0.574. The van der Waals surface area contributed by atoms with Gasteiger partial charge in [0.15, 0.2) is 0 Å². The quantitative estimate of drug-likeness (QED) is 0.698. The van der Waals surface area contributed by atoms with Crippen LogP contribution in [0.25, 0.3) is 0 Å². The Morgan fingerprint density at radius 2 is 1.81 bits per heavy atom. The van der Waals surface area contributed by atoms with Crippen LogP contribution in [0.5, 0.6) is 0 Å². The lowest BCUT2D eigenvalue weighted by Gasteiger charge is -2.35. The van der Waals surface area contributed by atoms with E-state index < -0.39 is 12.2 Å². The standard InChI is InChI=1S/C10H18F3N3/c11-10(12,13)9-7-14-3-1-5-16(9)8-2-4-15-6-8/h8-9,14-15H,1-7H2. The molecule has 0 aliphatic carbocycles. The summed E-state index contributed by atoms with van der Waals surface area (Å²) in [6.07, 6.45) is -2.50. The van der Waals surface area contributed by atoms with Gasteiger partial charge < -0.3 is 10.6 Å². The summed E-state index contributed by atoms with van der Waals surface area (Å²) in [5.74, 6) is 0. The second-order valence-corrected chi connectivity index (χ2v) is 4.50. The van der Waals surface area contributed by atoms with Gasteiger partial charge in [-0.15, -0.1) is 0 Å². The molecule has 0 aromatic carbocycles. The Bertz CT molecular complexity index is 226. The number of nitrogens with one attached hydrogen (secondary N) is 2. The van der Waals surface area contributed by atoms with Crippen LogP contribution in [0, 0.1) is 0 Å². The number of rotatable bonds is 1. The molecule has 0 amide bonds. The minimum absolute atomic E-state index is 0.0278. The zero-order chi connectivity index (χ0) is 11.6. The molecule has 2 aliphatic rings. The Kier molecular flexibility index (Phi) is 3.71. The van der Waals surface area contributed by atoms with Gasteiger partial charge in [0.05, 0.1) is 0 Å². The van der Waals surface area contributed by atoms with Gasteiger partial charge in [0, 0.05) is 25.7 Å². The maximum Gasteiger partial charge on any atom is 0.405 e. The SMILES string of the molecule is FC(F)(F)C1CNCCCN1C1CCNC1. The van der Waals surface area contributed by atoms with Crippen LogP contribution in [0.4, 0.5) is 13.2 Å². The Morgan fingerprint density at radius 3 is 2.44 bits per heavy atom. The first-order valence-corrected chi connectivity index (χ1v) is 5.83. The smallest absolute Gasteiger partial charge is 0.315 e. The monoisotopic (exact) mass is 237 g/mol. The van der Waals surface area contributed by atoms with Gasteiger partial charge in [0.1, 0.15) is 6.04 Å². The van der Waals surface area contributed by atoms with Crippen molar-refractivity contribution in [1.82, 2.24) is 15.5 Å². The van der Waals surface area contributed by atoms with Gasteiger partial charge in [-0.05, 0) is 25.9 Å². The molecule has 2 fully saturated rings. The van der Waals surface area contributed by atoms with Crippen molar-refractivity contribution in [2.75, 3.05) is 32.7 Å². The Morgan fingerprint density at radius 1 is 1.06 bits per heavy atom. The van der Waals surface area contributed by atoms with E-state index in [0.717, 1.165) is 19.4 Å². The van der Waals surface area contributed by atoms with Crippen molar-refractivity contribution in [3.8, 4) is 0 Å². The minimum atomic E-state index is -4.13. The summed E-state index contributed by atoms with van der Waals surface area (Å²) in [5, 5.41) is 6.01. The van der Waals surface area contributed by atoms with Crippen molar-refractivity contribution in [2.45, 2.75) is 31.1 Å². The van der Waals surface area contributed by atoms with Gasteiger partial charge in [-0.1, -0.05) is 0 Å². The lowest BCUT2D eigenvalue weighted by molar-refractivity contribution is -0.185. The molecule has 0 aromatic heterocycles. The highest BCUT2D eigenvalue weighted by Gasteiger charge is 2.46. The molecule has 2 atom stereocenters. The summed E-state index contributed by atoms with van der Waals surface area (Å²) in [4.78, 5) is 1.64. The van der Waals surface area contributed by atoms with Crippen LogP contribution in [0.15, 0.2) is 0 Å². The first kappa shape index (κ1) is 12.1. The summed E-state index contributed by atoms with van der Waals surface area (Å²) in [5.41, 5.74) is 0. The van der Waals surface area contributed by atoms with Gasteiger partial charge >= 0.3 is 6.18 Å². The summed E-state index contributed by atoms with van der Waals surface area (Å²) >= 11 is 0. The topological polar surface area (TPSA) is 27.3 Å². The van der Waals surface area contributed by atoms with E-state index in [4.69, 9.17) is 0 Å². The van der Waals surface area contributed by atoms with Gasteiger partial charge in [-0.25, -0.2) is 0 Å². The van der Waals surface area contributed by atoms with Crippen molar-refractivity contribution in [3.05, 3.63) is 0 Å². The Hall–Kier alpha value is -0.330. The third-order valence-electron chi connectivity index (χ3n) is 3.39. The van der Waals surface area contributed by atoms with Crippen molar-refractivity contribution < 1.29 is 13.2 Å². The van der Waals surface area contributed by atoms with E-state index in [1.807, 2.05) is 0 Å². The number of alkyl halides is 3. The molecule has 2 rings (SSSR count). The average molecular weight is 237 g/mol. The van der Waals surface area contributed by atoms with Crippen LogP contribution in [0.1, 0.15) is 12.8 Å². The van der Waals surface area contributed by atoms with Crippen LogP contribution in [-0.2, 0) is 0 Å². The molecular formula is C10H18F3N3. The van der Waals surface area contributed by atoms with Crippen LogP contribution in [-0.4, -0.2) is 55.9 Å². The number of nitrogens with zero attached hydrogens (tertiary/aromatic N) is 1. The predicted molar refractivity (Wildman–Crippen MR) is 55.3 cm³/mol. The summed E-state index contributed by atoms with van der Waals surface area (Å²) in [6, 6.07) is -1.27. The van der Waals surface area contributed by atoms with E-state index in [0.29, 0.717) is 19.6 Å². The molecule has 0 saturated carbocycles. The second-order valence-electron chi connectivity index (χ2n) is 4.50. The molecule has 2 saturated heterocycles. The number of halogens is 3. The van der Waals surface area contributed by atoms with E-state index in [1.54, 1.807) is 4.90 Å². The highest BCUT2D eigenvalue weighted by Crippen LogP contribution is 2.28. The molecule has 3 nitrogen and oxygen atoms in total. The van der Waals surface area contributed by atoms with E-state index in [9.17, 15) is 13.2 Å². The highest BCUT2D eigenvalue weighted by atomic mass is 19.4. The van der Waals surface area contributed by atoms with E-state index in [1.165, 1.54) is 0 Å². The maximum absolute atomic E-state index is 12.9. The third kappa shape index (κ3) is 2.67. The molecule has 2 unspecified atom stereocenters. The molecule has 2 N–H and O–H groups in total. The normalized spacial score (nSPS) is 33.9. The van der Waals surface area contributed by atoms with E-state index in [2.05, 4.69) is 10.6 Å². The maximum atomic E-state index is 12.9. The largest absolute Gasteiger partial charge is 0.405 e. The fourth-order valence-electron chi connectivity index (χ4n) is 2.56. The van der Waals surface area contributed by atoms with Crippen LogP contribution in [0.3, 0.4) is 0 Å². The van der Waals surface area contributed by atoms with Crippen LogP contribution >= 0.6 is 0 Å². The first-order chi connectivity index (χ1) is 7.59. The van der Waals surface area contributed by atoms with Crippen LogP contribution < -0.4 is 10.6 Å². The summed E-state index contributed by atoms with van der Waals surface area (Å²) in [7, 11) is 0. The zero-order valence-corrected chi connectivity index (χ0v) is 9.19. The summed E-state index contributed by atoms with van der Waals surface area (Å²) in [6.45, 7) is 2.78. The lowest BCUT2D eigenvalue weighted by Crippen LogP contribution is -2.54. The Labute approximate surface area is 93.4 Å². The average Bonchev–Trinajstić information content (AvgIpc) is 2.60. The molecule has 2 heterocycles. The molecule has 0 aromatic rings. The van der Waals surface area contributed by atoms with E-state index >= 15 is 0 Å². The number of hydrogen-bond acceptors (Lipinski definition) is 3. The number of hydrogen-bond donors (Lipinski definition) is 2. The fourth-order valence-corrected chi connectivity index (χ4v) is 2.56. The Balaban J connectivity index is 2.09. The molecule has 0 bridgehead atoms. The van der Waals surface area contributed by atoms with Crippen molar-refractivity contribution in [2.24, 2.45) is 0 Å². The molecule has 0 spiro atoms. The second kappa shape index (κ2) is 4.89. The van der Waals surface area contributed by atoms with Crippen molar-refractivity contribution >= 4 is 0 Å². The molecular weight excluding hydrogens is 219 g/mol. The first-order valence-electron chi connectivity index (χ1n) is 5.83. The summed E-state index contributed by atoms with van der Waals surface area (Å²) < 4.78 is 38.8. The minimum Gasteiger partial charge on any atom is -0.315 e.